The van der Waals surface area contributed by atoms with E-state index in [4.69, 9.17) is 11.6 Å². The van der Waals surface area contributed by atoms with Gasteiger partial charge in [-0.25, -0.2) is 15.0 Å². The largest absolute Gasteiger partial charge is 0.443 e. The quantitative estimate of drug-likeness (QED) is 0.749. The maximum atomic E-state index is 12.5. The van der Waals surface area contributed by atoms with Crippen LogP contribution in [0, 0.1) is 13.8 Å². The van der Waals surface area contributed by atoms with E-state index in [9.17, 15) is 13.2 Å². The van der Waals surface area contributed by atoms with Gasteiger partial charge in [0.2, 0.25) is 0 Å². The highest BCUT2D eigenvalue weighted by Gasteiger charge is 2.35. The number of nitrogens with zero attached hydrogens (tertiary/aromatic N) is 3. The number of halogens is 4. The number of alkyl halides is 3. The molecule has 18 heavy (non-hydrogen) atoms. The lowest BCUT2D eigenvalue weighted by atomic mass is 10.2. The van der Waals surface area contributed by atoms with Crippen molar-refractivity contribution in [1.82, 2.24) is 15.0 Å². The van der Waals surface area contributed by atoms with Crippen molar-refractivity contribution in [2.24, 2.45) is 0 Å². The molecule has 0 unspecified atom stereocenters. The molecule has 3 nitrogen and oxygen atoms in total. The Kier molecular flexibility index (Phi) is 3.29. The first-order chi connectivity index (χ1) is 8.29. The highest BCUT2D eigenvalue weighted by atomic mass is 35.5. The van der Waals surface area contributed by atoms with E-state index in [0.29, 0.717) is 33.3 Å². The van der Waals surface area contributed by atoms with Crippen LogP contribution in [-0.4, -0.2) is 15.0 Å². The minimum absolute atomic E-state index is 0.236. The molecule has 2 heterocycles. The summed E-state index contributed by atoms with van der Waals surface area (Å²) in [4.78, 5) is 11.7. The van der Waals surface area contributed by atoms with Gasteiger partial charge in [0.05, 0.1) is 10.6 Å². The summed E-state index contributed by atoms with van der Waals surface area (Å²) in [5, 5.41) is -0.663. The molecule has 96 valence electrons. The second kappa shape index (κ2) is 4.47. The molecule has 0 spiro atoms. The number of aryl methyl sites for hydroxylation is 1. The van der Waals surface area contributed by atoms with Gasteiger partial charge in [-0.05, 0) is 13.8 Å². The van der Waals surface area contributed by atoms with Gasteiger partial charge >= 0.3 is 6.18 Å². The minimum Gasteiger partial charge on any atom is -0.240 e. The standard InChI is InChI=1S/C10H7ClF3N3S/c1-4-7(16-5(2)17-8(4)11)6-3-15-9(18-6)10(12,13)14/h3H,1-2H3. The van der Waals surface area contributed by atoms with Crippen LogP contribution in [0.3, 0.4) is 0 Å². The van der Waals surface area contributed by atoms with Crippen molar-refractivity contribution in [2.75, 3.05) is 0 Å². The third kappa shape index (κ3) is 2.46. The first kappa shape index (κ1) is 13.2. The maximum absolute atomic E-state index is 12.5. The first-order valence-electron chi connectivity index (χ1n) is 4.83. The van der Waals surface area contributed by atoms with E-state index in [1.54, 1.807) is 13.8 Å². The molecule has 0 aliphatic rings. The van der Waals surface area contributed by atoms with Crippen molar-refractivity contribution >= 4 is 22.9 Å². The Hall–Kier alpha value is -1.21. The number of rotatable bonds is 1. The second-order valence-corrected chi connectivity index (χ2v) is 4.95. The van der Waals surface area contributed by atoms with Gasteiger partial charge in [-0.1, -0.05) is 11.6 Å². The highest BCUT2D eigenvalue weighted by molar-refractivity contribution is 7.15. The lowest BCUT2D eigenvalue weighted by Crippen LogP contribution is -2.02. The fourth-order valence-electron chi connectivity index (χ4n) is 1.35. The zero-order chi connectivity index (χ0) is 13.5. The van der Waals surface area contributed by atoms with E-state index in [0.717, 1.165) is 6.20 Å². The van der Waals surface area contributed by atoms with Crippen molar-refractivity contribution < 1.29 is 13.2 Å². The summed E-state index contributed by atoms with van der Waals surface area (Å²) < 4.78 is 37.4. The molecule has 0 saturated carbocycles. The summed E-state index contributed by atoms with van der Waals surface area (Å²) in [5.74, 6) is 0.405. The van der Waals surface area contributed by atoms with Crippen molar-refractivity contribution in [2.45, 2.75) is 20.0 Å². The Bertz CT molecular complexity index is 595. The summed E-state index contributed by atoms with van der Waals surface area (Å²) >= 11 is 6.42. The van der Waals surface area contributed by atoms with Gasteiger partial charge in [0, 0.05) is 11.8 Å². The van der Waals surface area contributed by atoms with Crippen LogP contribution in [0.5, 0.6) is 0 Å². The summed E-state index contributed by atoms with van der Waals surface area (Å²) in [6.07, 6.45) is -3.29. The van der Waals surface area contributed by atoms with Crippen LogP contribution in [0.2, 0.25) is 5.15 Å². The van der Waals surface area contributed by atoms with Crippen molar-refractivity contribution in [1.29, 1.82) is 0 Å². The smallest absolute Gasteiger partial charge is 0.240 e. The monoisotopic (exact) mass is 293 g/mol. The molecular formula is C10H7ClF3N3S. The highest BCUT2D eigenvalue weighted by Crippen LogP contribution is 2.37. The summed E-state index contributed by atoms with van der Waals surface area (Å²) in [6, 6.07) is 0. The summed E-state index contributed by atoms with van der Waals surface area (Å²) in [7, 11) is 0. The van der Waals surface area contributed by atoms with Crippen LogP contribution < -0.4 is 0 Å². The lowest BCUT2D eigenvalue weighted by molar-refractivity contribution is -0.137. The van der Waals surface area contributed by atoms with E-state index in [1.807, 2.05) is 0 Å². The Morgan fingerprint density at radius 3 is 2.44 bits per heavy atom. The zero-order valence-electron chi connectivity index (χ0n) is 9.34. The van der Waals surface area contributed by atoms with E-state index in [1.165, 1.54) is 0 Å². The molecule has 0 fully saturated rings. The number of hydrogen-bond acceptors (Lipinski definition) is 4. The van der Waals surface area contributed by atoms with Crippen LogP contribution in [0.4, 0.5) is 13.2 Å². The van der Waals surface area contributed by atoms with Crippen LogP contribution in [0.25, 0.3) is 10.6 Å². The van der Waals surface area contributed by atoms with E-state index in [-0.39, 0.29) is 5.15 Å². The number of aromatic nitrogens is 3. The van der Waals surface area contributed by atoms with Gasteiger partial charge in [-0.3, -0.25) is 0 Å². The van der Waals surface area contributed by atoms with Gasteiger partial charge in [0.15, 0.2) is 5.01 Å². The Morgan fingerprint density at radius 2 is 1.89 bits per heavy atom. The van der Waals surface area contributed by atoms with Gasteiger partial charge < -0.3 is 0 Å². The summed E-state index contributed by atoms with van der Waals surface area (Å²) in [5.41, 5.74) is 0.931. The van der Waals surface area contributed by atoms with Gasteiger partial charge in [0.1, 0.15) is 11.0 Å². The molecule has 2 rings (SSSR count). The lowest BCUT2D eigenvalue weighted by Gasteiger charge is -2.04. The molecule has 2 aromatic rings. The molecule has 0 N–H and O–H groups in total. The van der Waals surface area contributed by atoms with E-state index >= 15 is 0 Å². The number of thiazole rings is 1. The average molecular weight is 294 g/mol. The van der Waals surface area contributed by atoms with Crippen molar-refractivity contribution in [3.05, 3.63) is 27.7 Å². The molecule has 0 aromatic carbocycles. The molecule has 0 aliphatic carbocycles. The van der Waals surface area contributed by atoms with Crippen LogP contribution >= 0.6 is 22.9 Å². The molecule has 2 aromatic heterocycles. The molecule has 0 radical (unpaired) electrons. The predicted molar refractivity (Wildman–Crippen MR) is 62.6 cm³/mol. The van der Waals surface area contributed by atoms with Gasteiger partial charge in [-0.2, -0.15) is 13.2 Å². The van der Waals surface area contributed by atoms with Gasteiger partial charge in [0.25, 0.3) is 0 Å². The topological polar surface area (TPSA) is 38.7 Å². The van der Waals surface area contributed by atoms with Crippen molar-refractivity contribution in [3.8, 4) is 10.6 Å². The van der Waals surface area contributed by atoms with Crippen molar-refractivity contribution in [3.63, 3.8) is 0 Å². The average Bonchev–Trinajstić information content (AvgIpc) is 2.71. The molecule has 0 bridgehead atoms. The van der Waals surface area contributed by atoms with Gasteiger partial charge in [-0.15, -0.1) is 11.3 Å². The van der Waals surface area contributed by atoms with Crippen LogP contribution in [0.1, 0.15) is 16.4 Å². The minimum atomic E-state index is -4.44. The molecule has 0 saturated heterocycles. The predicted octanol–water partition coefficient (Wildman–Crippen LogP) is 3.89. The second-order valence-electron chi connectivity index (χ2n) is 3.56. The fraction of sp³-hybridized carbons (Fsp3) is 0.300. The normalized spacial score (nSPS) is 11.9. The SMILES string of the molecule is Cc1nc(Cl)c(C)c(-c2cnc(C(F)(F)F)s2)n1. The van der Waals surface area contributed by atoms with Crippen LogP contribution in [-0.2, 0) is 6.18 Å². The molecule has 0 atom stereocenters. The summed E-state index contributed by atoms with van der Waals surface area (Å²) in [6.45, 7) is 3.28. The third-order valence-corrected chi connectivity index (χ3v) is 3.60. The molecule has 8 heteroatoms. The van der Waals surface area contributed by atoms with E-state index < -0.39 is 11.2 Å². The maximum Gasteiger partial charge on any atom is 0.443 e. The Morgan fingerprint density at radius 1 is 1.22 bits per heavy atom. The molecule has 0 aliphatic heterocycles. The first-order valence-corrected chi connectivity index (χ1v) is 6.02. The third-order valence-electron chi connectivity index (χ3n) is 2.18. The Balaban J connectivity index is 2.53. The molecule has 0 amide bonds. The van der Waals surface area contributed by atoms with Crippen LogP contribution in [0.15, 0.2) is 6.20 Å². The number of hydrogen-bond donors (Lipinski definition) is 0. The Labute approximate surface area is 110 Å². The fourth-order valence-corrected chi connectivity index (χ4v) is 2.39. The zero-order valence-corrected chi connectivity index (χ0v) is 10.9. The van der Waals surface area contributed by atoms with E-state index in [2.05, 4.69) is 15.0 Å². The molecular weight excluding hydrogens is 287 g/mol.